The highest BCUT2D eigenvalue weighted by Crippen LogP contribution is 2.44. The molecule has 2 N–H and O–H groups in total. The van der Waals surface area contributed by atoms with Crippen LogP contribution in [-0.2, 0) is 11.3 Å². The third-order valence-electron chi connectivity index (χ3n) is 5.62. The molecule has 0 saturated carbocycles. The summed E-state index contributed by atoms with van der Waals surface area (Å²) in [5.74, 6) is 0.441. The van der Waals surface area contributed by atoms with Crippen LogP contribution in [0.1, 0.15) is 17.0 Å². The molecule has 2 aromatic heterocycles. The minimum Gasteiger partial charge on any atom is -0.448 e. The van der Waals surface area contributed by atoms with Crippen LogP contribution in [0.4, 0.5) is 10.6 Å². The van der Waals surface area contributed by atoms with Gasteiger partial charge in [-0.15, -0.1) is 0 Å². The lowest BCUT2D eigenvalue weighted by Crippen LogP contribution is -2.20. The van der Waals surface area contributed by atoms with E-state index in [0.29, 0.717) is 11.5 Å². The fraction of sp³-hybridized carbons (Fsp3) is 0.160. The Labute approximate surface area is 185 Å². The van der Waals surface area contributed by atoms with Crippen LogP contribution in [-0.4, -0.2) is 39.2 Å². The van der Waals surface area contributed by atoms with Crippen LogP contribution in [0.5, 0.6) is 0 Å². The lowest BCUT2D eigenvalue weighted by molar-refractivity contribution is 0.158. The van der Waals surface area contributed by atoms with Crippen LogP contribution < -0.4 is 5.32 Å². The number of fused-ring (bicyclic) bond motifs is 3. The second kappa shape index (κ2) is 8.64. The number of carbonyl (C=O) groups is 1. The van der Waals surface area contributed by atoms with E-state index in [4.69, 9.17) is 4.74 Å². The van der Waals surface area contributed by atoms with Gasteiger partial charge in [0.25, 0.3) is 0 Å². The molecule has 1 amide bonds. The first kappa shape index (κ1) is 20.0. The van der Waals surface area contributed by atoms with Crippen molar-refractivity contribution in [2.45, 2.75) is 12.5 Å². The van der Waals surface area contributed by atoms with Crippen molar-refractivity contribution in [3.63, 3.8) is 0 Å². The molecule has 160 valence electrons. The zero-order chi connectivity index (χ0) is 21.9. The maximum absolute atomic E-state index is 12.6. The monoisotopic (exact) mass is 426 g/mol. The van der Waals surface area contributed by atoms with Gasteiger partial charge in [0.15, 0.2) is 0 Å². The minimum absolute atomic E-state index is 0.0125. The van der Waals surface area contributed by atoms with E-state index in [9.17, 15) is 9.90 Å². The van der Waals surface area contributed by atoms with Crippen LogP contribution in [0.15, 0.2) is 79.1 Å². The Morgan fingerprint density at radius 2 is 1.75 bits per heavy atom. The van der Waals surface area contributed by atoms with Gasteiger partial charge in [0.2, 0.25) is 0 Å². The first-order valence-electron chi connectivity index (χ1n) is 10.5. The number of pyridine rings is 1. The molecule has 0 unspecified atom stereocenters. The SMILES string of the molecule is O=C(Nc1cc(-c2cccnc2)nn1CCO)OCC1c2ccccc2-c2ccccc21. The number of aliphatic hydroxyl groups excluding tert-OH is 1. The Bertz CT molecular complexity index is 1210. The van der Waals surface area contributed by atoms with E-state index < -0.39 is 6.09 Å². The number of hydrogen-bond donors (Lipinski definition) is 2. The molecule has 2 heterocycles. The number of carbonyl (C=O) groups excluding carboxylic acids is 1. The third kappa shape index (κ3) is 3.74. The maximum Gasteiger partial charge on any atom is 0.412 e. The summed E-state index contributed by atoms with van der Waals surface area (Å²) in [6, 6.07) is 21.9. The number of anilines is 1. The van der Waals surface area contributed by atoms with Crippen molar-refractivity contribution in [2.24, 2.45) is 0 Å². The average Bonchev–Trinajstić information content (AvgIpc) is 3.37. The Hall–Kier alpha value is -3.97. The number of ether oxygens (including phenoxy) is 1. The molecule has 7 heteroatoms. The smallest absolute Gasteiger partial charge is 0.412 e. The molecule has 32 heavy (non-hydrogen) atoms. The number of amides is 1. The number of benzene rings is 2. The van der Waals surface area contributed by atoms with Gasteiger partial charge in [0.1, 0.15) is 12.4 Å². The van der Waals surface area contributed by atoms with Crippen molar-refractivity contribution in [3.8, 4) is 22.4 Å². The van der Waals surface area contributed by atoms with Gasteiger partial charge in [-0.25, -0.2) is 9.48 Å². The van der Waals surface area contributed by atoms with Crippen LogP contribution in [0.25, 0.3) is 22.4 Å². The molecule has 0 aliphatic heterocycles. The van der Waals surface area contributed by atoms with Crippen molar-refractivity contribution < 1.29 is 14.6 Å². The summed E-state index contributed by atoms with van der Waals surface area (Å²) in [5.41, 5.74) is 6.15. The first-order chi connectivity index (χ1) is 15.7. The Morgan fingerprint density at radius 1 is 1.03 bits per heavy atom. The second-order valence-electron chi connectivity index (χ2n) is 7.55. The van der Waals surface area contributed by atoms with Gasteiger partial charge in [-0.2, -0.15) is 5.10 Å². The Kier molecular flexibility index (Phi) is 5.39. The molecule has 1 aliphatic rings. The standard InChI is InChI=1S/C25H22N4O3/c30-13-12-29-24(14-23(28-29)17-6-5-11-26-15-17)27-25(31)32-16-22-20-9-3-1-7-18(20)19-8-2-4-10-21(19)22/h1-11,14-15,22,30H,12-13,16H2,(H,27,31). The summed E-state index contributed by atoms with van der Waals surface area (Å²) >= 11 is 0. The number of aliphatic hydroxyl groups is 1. The van der Waals surface area contributed by atoms with Gasteiger partial charge in [0, 0.05) is 29.9 Å². The zero-order valence-electron chi connectivity index (χ0n) is 17.3. The molecule has 0 atom stereocenters. The highest BCUT2D eigenvalue weighted by molar-refractivity contribution is 5.85. The number of rotatable bonds is 6. The van der Waals surface area contributed by atoms with Crippen LogP contribution in [0, 0.1) is 0 Å². The zero-order valence-corrected chi connectivity index (χ0v) is 17.3. The van der Waals surface area contributed by atoms with E-state index in [1.807, 2.05) is 36.4 Å². The van der Waals surface area contributed by atoms with Crippen molar-refractivity contribution >= 4 is 11.9 Å². The highest BCUT2D eigenvalue weighted by atomic mass is 16.5. The van der Waals surface area contributed by atoms with Gasteiger partial charge in [-0.3, -0.25) is 10.3 Å². The summed E-state index contributed by atoms with van der Waals surface area (Å²) in [7, 11) is 0. The largest absolute Gasteiger partial charge is 0.448 e. The highest BCUT2D eigenvalue weighted by Gasteiger charge is 2.29. The molecule has 4 aromatic rings. The molecule has 0 bridgehead atoms. The van der Waals surface area contributed by atoms with E-state index in [0.717, 1.165) is 16.7 Å². The number of hydrogen-bond acceptors (Lipinski definition) is 5. The average molecular weight is 426 g/mol. The van der Waals surface area contributed by atoms with Crippen molar-refractivity contribution in [1.82, 2.24) is 14.8 Å². The predicted molar refractivity (Wildman–Crippen MR) is 121 cm³/mol. The van der Waals surface area contributed by atoms with E-state index in [1.54, 1.807) is 23.1 Å². The molecular weight excluding hydrogens is 404 g/mol. The van der Waals surface area contributed by atoms with Gasteiger partial charge < -0.3 is 9.84 Å². The Balaban J connectivity index is 1.32. The number of nitrogens with one attached hydrogen (secondary N) is 1. The van der Waals surface area contributed by atoms with E-state index >= 15 is 0 Å². The molecule has 0 fully saturated rings. The third-order valence-corrected chi connectivity index (χ3v) is 5.62. The molecule has 5 rings (SSSR count). The van der Waals surface area contributed by atoms with E-state index in [-0.39, 0.29) is 25.7 Å². The molecule has 7 nitrogen and oxygen atoms in total. The summed E-state index contributed by atoms with van der Waals surface area (Å²) in [4.78, 5) is 16.8. The predicted octanol–water partition coefficient (Wildman–Crippen LogP) is 4.30. The minimum atomic E-state index is -0.566. The van der Waals surface area contributed by atoms with Crippen LogP contribution in [0.3, 0.4) is 0 Å². The van der Waals surface area contributed by atoms with E-state index in [1.165, 1.54) is 11.1 Å². The molecular formula is C25H22N4O3. The van der Waals surface area contributed by atoms with Crippen molar-refractivity contribution in [2.75, 3.05) is 18.5 Å². The van der Waals surface area contributed by atoms with Gasteiger partial charge in [0.05, 0.1) is 18.8 Å². The lowest BCUT2D eigenvalue weighted by atomic mass is 9.98. The summed E-state index contributed by atoms with van der Waals surface area (Å²) in [5, 5.41) is 16.6. The maximum atomic E-state index is 12.6. The van der Waals surface area contributed by atoms with Crippen molar-refractivity contribution in [3.05, 3.63) is 90.3 Å². The topological polar surface area (TPSA) is 89.3 Å². The Morgan fingerprint density at radius 3 is 2.41 bits per heavy atom. The lowest BCUT2D eigenvalue weighted by Gasteiger charge is -2.15. The number of aromatic nitrogens is 3. The summed E-state index contributed by atoms with van der Waals surface area (Å²) in [6.45, 7) is 0.371. The quantitative estimate of drug-likeness (QED) is 0.480. The van der Waals surface area contributed by atoms with E-state index in [2.05, 4.69) is 39.7 Å². The summed E-state index contributed by atoms with van der Waals surface area (Å²) in [6.07, 6.45) is 2.82. The van der Waals surface area contributed by atoms with Crippen LogP contribution >= 0.6 is 0 Å². The van der Waals surface area contributed by atoms with Crippen molar-refractivity contribution in [1.29, 1.82) is 0 Å². The normalized spacial score (nSPS) is 12.3. The van der Waals surface area contributed by atoms with Gasteiger partial charge in [-0.05, 0) is 34.4 Å². The summed E-state index contributed by atoms with van der Waals surface area (Å²) < 4.78 is 7.17. The van der Waals surface area contributed by atoms with Gasteiger partial charge in [-0.1, -0.05) is 48.5 Å². The fourth-order valence-corrected chi connectivity index (χ4v) is 4.18. The van der Waals surface area contributed by atoms with Crippen LogP contribution in [0.2, 0.25) is 0 Å². The molecule has 2 aromatic carbocycles. The molecule has 1 aliphatic carbocycles. The molecule has 0 spiro atoms. The van der Waals surface area contributed by atoms with Gasteiger partial charge >= 0.3 is 6.09 Å². The molecule has 0 saturated heterocycles. The second-order valence-corrected chi connectivity index (χ2v) is 7.55. The number of nitrogens with zero attached hydrogens (tertiary/aromatic N) is 3. The first-order valence-corrected chi connectivity index (χ1v) is 10.5. The fourth-order valence-electron chi connectivity index (χ4n) is 4.18. The molecule has 0 radical (unpaired) electrons.